The minimum atomic E-state index is -0.424. The Balaban J connectivity index is 1.28. The first kappa shape index (κ1) is 23.6. The summed E-state index contributed by atoms with van der Waals surface area (Å²) in [6, 6.07) is 19.2. The standard InChI is InChI=1S/C26H23FN4O4/c27-19-10-8-18(9-11-19)26(35)29-20-5-3-4-17(14-20)15-28-23(32)12-13-25(34)31-16-24(33)30-21-6-1-2-7-22(21)31/h1-11,14H,12-13,15-16H2,(H,28,32)(H,29,35)(H,30,33). The molecule has 0 saturated heterocycles. The molecule has 0 saturated carbocycles. The van der Waals surface area contributed by atoms with Gasteiger partial charge in [0, 0.05) is 30.6 Å². The highest BCUT2D eigenvalue weighted by atomic mass is 19.1. The second-order valence-electron chi connectivity index (χ2n) is 7.98. The summed E-state index contributed by atoms with van der Waals surface area (Å²) in [5, 5.41) is 8.22. The van der Waals surface area contributed by atoms with E-state index in [1.807, 2.05) is 0 Å². The molecule has 1 heterocycles. The maximum atomic E-state index is 13.0. The van der Waals surface area contributed by atoms with Crippen LogP contribution in [0, 0.1) is 5.82 Å². The van der Waals surface area contributed by atoms with Gasteiger partial charge in [0.05, 0.1) is 11.4 Å². The van der Waals surface area contributed by atoms with Crippen molar-refractivity contribution in [2.75, 3.05) is 22.1 Å². The van der Waals surface area contributed by atoms with Gasteiger partial charge in [-0.15, -0.1) is 0 Å². The maximum absolute atomic E-state index is 13.0. The van der Waals surface area contributed by atoms with E-state index in [1.54, 1.807) is 48.5 Å². The Morgan fingerprint density at radius 2 is 1.71 bits per heavy atom. The monoisotopic (exact) mass is 474 g/mol. The lowest BCUT2D eigenvalue weighted by atomic mass is 10.1. The number of para-hydroxylation sites is 2. The predicted molar refractivity (Wildman–Crippen MR) is 129 cm³/mol. The molecule has 1 aliphatic heterocycles. The number of nitrogens with one attached hydrogen (secondary N) is 3. The van der Waals surface area contributed by atoms with Crippen LogP contribution in [0.15, 0.2) is 72.8 Å². The lowest BCUT2D eigenvalue weighted by Gasteiger charge is -2.29. The fraction of sp³-hybridized carbons (Fsp3) is 0.154. The molecule has 3 aromatic rings. The summed E-state index contributed by atoms with van der Waals surface area (Å²) < 4.78 is 13.0. The van der Waals surface area contributed by atoms with E-state index in [9.17, 15) is 23.6 Å². The van der Waals surface area contributed by atoms with Crippen LogP contribution in [0.1, 0.15) is 28.8 Å². The van der Waals surface area contributed by atoms with Gasteiger partial charge in [-0.05, 0) is 54.1 Å². The summed E-state index contributed by atoms with van der Waals surface area (Å²) in [6.07, 6.45) is -0.0681. The van der Waals surface area contributed by atoms with Gasteiger partial charge in [0.1, 0.15) is 12.4 Å². The van der Waals surface area contributed by atoms with Crippen molar-refractivity contribution in [2.24, 2.45) is 0 Å². The summed E-state index contributed by atoms with van der Waals surface area (Å²) in [7, 11) is 0. The first-order valence-electron chi connectivity index (χ1n) is 11.0. The molecule has 9 heteroatoms. The molecule has 3 aromatic carbocycles. The third-order valence-corrected chi connectivity index (χ3v) is 5.42. The number of hydrogen-bond donors (Lipinski definition) is 3. The van der Waals surface area contributed by atoms with Crippen LogP contribution in [0.25, 0.3) is 0 Å². The minimum absolute atomic E-state index is 0.0277. The number of rotatable bonds is 7. The fourth-order valence-electron chi connectivity index (χ4n) is 3.66. The molecule has 0 atom stereocenters. The van der Waals surface area contributed by atoms with Crippen LogP contribution in [-0.2, 0) is 20.9 Å². The quantitative estimate of drug-likeness (QED) is 0.487. The van der Waals surface area contributed by atoms with Gasteiger partial charge >= 0.3 is 0 Å². The van der Waals surface area contributed by atoms with Crippen molar-refractivity contribution in [2.45, 2.75) is 19.4 Å². The molecule has 0 fully saturated rings. The average molecular weight is 474 g/mol. The van der Waals surface area contributed by atoms with Crippen molar-refractivity contribution in [3.05, 3.63) is 89.7 Å². The van der Waals surface area contributed by atoms with E-state index < -0.39 is 5.82 Å². The van der Waals surface area contributed by atoms with E-state index >= 15 is 0 Å². The van der Waals surface area contributed by atoms with E-state index in [-0.39, 0.29) is 49.6 Å². The molecule has 1 aliphatic rings. The van der Waals surface area contributed by atoms with Gasteiger partial charge in [0.15, 0.2) is 0 Å². The van der Waals surface area contributed by atoms with Crippen LogP contribution < -0.4 is 20.9 Å². The fourth-order valence-corrected chi connectivity index (χ4v) is 3.66. The van der Waals surface area contributed by atoms with Crippen molar-refractivity contribution >= 4 is 40.7 Å². The van der Waals surface area contributed by atoms with E-state index in [1.165, 1.54) is 29.2 Å². The summed E-state index contributed by atoms with van der Waals surface area (Å²) >= 11 is 0. The molecule has 0 aromatic heterocycles. The number of carbonyl (C=O) groups excluding carboxylic acids is 4. The van der Waals surface area contributed by atoms with Crippen LogP contribution in [0.3, 0.4) is 0 Å². The second-order valence-corrected chi connectivity index (χ2v) is 7.98. The largest absolute Gasteiger partial charge is 0.352 e. The summed E-state index contributed by atoms with van der Waals surface area (Å²) in [4.78, 5) is 50.6. The number of anilines is 3. The van der Waals surface area contributed by atoms with E-state index in [2.05, 4.69) is 16.0 Å². The van der Waals surface area contributed by atoms with Crippen molar-refractivity contribution in [1.29, 1.82) is 0 Å². The molecule has 4 rings (SSSR count). The number of benzene rings is 3. The first-order chi connectivity index (χ1) is 16.9. The normalized spacial score (nSPS) is 12.4. The second kappa shape index (κ2) is 10.6. The Bertz CT molecular complexity index is 1280. The van der Waals surface area contributed by atoms with Crippen molar-refractivity contribution < 1.29 is 23.6 Å². The molecule has 3 N–H and O–H groups in total. The zero-order valence-electron chi connectivity index (χ0n) is 18.7. The van der Waals surface area contributed by atoms with Gasteiger partial charge in [-0.3, -0.25) is 19.2 Å². The van der Waals surface area contributed by atoms with E-state index in [0.717, 1.165) is 5.56 Å². The lowest BCUT2D eigenvalue weighted by molar-refractivity contribution is -0.125. The van der Waals surface area contributed by atoms with Gasteiger partial charge in [0.2, 0.25) is 17.7 Å². The van der Waals surface area contributed by atoms with Crippen LogP contribution in [0.4, 0.5) is 21.5 Å². The van der Waals surface area contributed by atoms with Crippen LogP contribution >= 0.6 is 0 Å². The Morgan fingerprint density at radius 1 is 0.943 bits per heavy atom. The topological polar surface area (TPSA) is 108 Å². The number of fused-ring (bicyclic) bond motifs is 1. The number of hydrogen-bond acceptors (Lipinski definition) is 4. The highest BCUT2D eigenvalue weighted by molar-refractivity contribution is 6.10. The zero-order valence-corrected chi connectivity index (χ0v) is 18.7. The summed E-state index contributed by atoms with van der Waals surface area (Å²) in [6.45, 7) is 0.121. The van der Waals surface area contributed by atoms with Crippen LogP contribution in [0.5, 0.6) is 0 Å². The number of amides is 4. The van der Waals surface area contributed by atoms with Crippen molar-refractivity contribution in [3.63, 3.8) is 0 Å². The molecular weight excluding hydrogens is 451 g/mol. The Morgan fingerprint density at radius 3 is 2.51 bits per heavy atom. The van der Waals surface area contributed by atoms with Gasteiger partial charge in [-0.1, -0.05) is 24.3 Å². The molecule has 8 nitrogen and oxygen atoms in total. The molecule has 0 spiro atoms. The highest BCUT2D eigenvalue weighted by Crippen LogP contribution is 2.29. The summed E-state index contributed by atoms with van der Waals surface area (Å²) in [5.74, 6) is -1.71. The number of nitrogens with zero attached hydrogens (tertiary/aromatic N) is 1. The summed E-state index contributed by atoms with van der Waals surface area (Å²) in [5.41, 5.74) is 2.78. The Kier molecular flexibility index (Phi) is 7.15. The van der Waals surface area contributed by atoms with Gasteiger partial charge < -0.3 is 20.9 Å². The molecule has 0 bridgehead atoms. The number of halogens is 1. The maximum Gasteiger partial charge on any atom is 0.255 e. The minimum Gasteiger partial charge on any atom is -0.352 e. The molecule has 0 unspecified atom stereocenters. The SMILES string of the molecule is O=C(CCC(=O)N1CC(=O)Nc2ccccc21)NCc1cccc(NC(=O)c2ccc(F)cc2)c1. The lowest BCUT2D eigenvalue weighted by Crippen LogP contribution is -2.42. The average Bonchev–Trinajstić information content (AvgIpc) is 2.86. The van der Waals surface area contributed by atoms with E-state index in [4.69, 9.17) is 0 Å². The van der Waals surface area contributed by atoms with Crippen molar-refractivity contribution in [1.82, 2.24) is 5.32 Å². The van der Waals surface area contributed by atoms with Gasteiger partial charge in [-0.2, -0.15) is 0 Å². The molecule has 4 amide bonds. The first-order valence-corrected chi connectivity index (χ1v) is 11.0. The van der Waals surface area contributed by atoms with Crippen molar-refractivity contribution in [3.8, 4) is 0 Å². The van der Waals surface area contributed by atoms with Gasteiger partial charge in [0.25, 0.3) is 5.91 Å². The zero-order chi connectivity index (χ0) is 24.8. The molecule has 178 valence electrons. The Labute approximate surface area is 201 Å². The number of carbonyl (C=O) groups is 4. The molecular formula is C26H23FN4O4. The third-order valence-electron chi connectivity index (χ3n) is 5.42. The third kappa shape index (κ3) is 6.08. The smallest absolute Gasteiger partial charge is 0.255 e. The Hall–Kier alpha value is -4.53. The highest BCUT2D eigenvalue weighted by Gasteiger charge is 2.26. The van der Waals surface area contributed by atoms with Crippen LogP contribution in [0.2, 0.25) is 0 Å². The van der Waals surface area contributed by atoms with Crippen LogP contribution in [-0.4, -0.2) is 30.2 Å². The molecule has 35 heavy (non-hydrogen) atoms. The van der Waals surface area contributed by atoms with E-state index in [0.29, 0.717) is 22.6 Å². The predicted octanol–water partition coefficient (Wildman–Crippen LogP) is 3.46. The molecule has 0 radical (unpaired) electrons. The van der Waals surface area contributed by atoms with Gasteiger partial charge in [-0.25, -0.2) is 4.39 Å². The molecule has 0 aliphatic carbocycles.